The Labute approximate surface area is 413 Å². The van der Waals surface area contributed by atoms with Gasteiger partial charge in [-0.25, -0.2) is 9.97 Å². The van der Waals surface area contributed by atoms with Crippen molar-refractivity contribution in [1.82, 2.24) is 25.5 Å². The van der Waals surface area contributed by atoms with Crippen molar-refractivity contribution in [3.63, 3.8) is 0 Å². The number of nitrogens with zero attached hydrogens (tertiary/aromatic N) is 6. The number of alkyl halides is 3. The van der Waals surface area contributed by atoms with Gasteiger partial charge in [0.1, 0.15) is 36.0 Å². The third-order valence-corrected chi connectivity index (χ3v) is 12.5. The fourth-order valence-corrected chi connectivity index (χ4v) is 8.84. The molecule has 7 rings (SSSR count). The van der Waals surface area contributed by atoms with Gasteiger partial charge in [0.25, 0.3) is 5.91 Å². The van der Waals surface area contributed by atoms with E-state index in [1.165, 1.54) is 17.4 Å². The van der Waals surface area contributed by atoms with E-state index in [1.54, 1.807) is 37.1 Å². The number of pyridine rings is 1. The summed E-state index contributed by atoms with van der Waals surface area (Å²) < 4.78 is 58.1. The molecule has 2 saturated heterocycles. The third-order valence-electron chi connectivity index (χ3n) is 12.1. The number of likely N-dealkylation sites (tertiary alicyclic amines) is 1. The highest BCUT2D eigenvalue weighted by Gasteiger charge is 2.51. The first-order chi connectivity index (χ1) is 33.7. The molecule has 0 unspecified atom stereocenters. The Morgan fingerprint density at radius 2 is 1.61 bits per heavy atom. The average molecular weight is 995 g/mol. The summed E-state index contributed by atoms with van der Waals surface area (Å²) in [5.41, 5.74) is -0.335. The standard InChI is InChI=1S/C51H53F3N8O8S/c1-49(2,3)44(46(66)60-28-37(63)23-41(60)45(65)58-25-31-8-10-34(11-9-31)42-27-56-30-70-42)59-43(64)29-68-20-6-7-21-69-38-18-14-33(15-19-38)32-12-16-35(17-13-32)62-48(71)61(47(67)50(62,4)5)36-22-39(51(52,53)54)40(24-55)57-26-36/h8-19,22,26-27,30,37,41,44,63H,6-7,20-21,23,25,28-29H2,1-5H3,(H,58,65)(H,59,64)/t37-,41+,44-/m1/s1. The Kier molecular flexibility index (Phi) is 15.6. The van der Waals surface area contributed by atoms with Crippen molar-refractivity contribution in [2.45, 2.75) is 90.3 Å². The summed E-state index contributed by atoms with van der Waals surface area (Å²) in [6, 6.07) is 22.3. The molecule has 16 nitrogen and oxygen atoms in total. The predicted molar refractivity (Wildman–Crippen MR) is 259 cm³/mol. The van der Waals surface area contributed by atoms with Crippen LogP contribution in [-0.4, -0.2) is 98.8 Å². The fourth-order valence-electron chi connectivity index (χ4n) is 8.32. The van der Waals surface area contributed by atoms with E-state index >= 15 is 0 Å². The van der Waals surface area contributed by atoms with Crippen LogP contribution in [0.4, 0.5) is 24.5 Å². The van der Waals surface area contributed by atoms with Gasteiger partial charge in [-0.1, -0.05) is 69.3 Å². The van der Waals surface area contributed by atoms with E-state index in [2.05, 4.69) is 20.6 Å². The number of hydrogen-bond acceptors (Lipinski definition) is 12. The number of carbonyl (C=O) groups excluding carboxylic acids is 4. The van der Waals surface area contributed by atoms with Crippen LogP contribution < -0.4 is 25.2 Å². The van der Waals surface area contributed by atoms with Gasteiger partial charge in [-0.3, -0.25) is 24.1 Å². The van der Waals surface area contributed by atoms with Crippen molar-refractivity contribution in [2.75, 3.05) is 36.2 Å². The number of amides is 4. The molecule has 71 heavy (non-hydrogen) atoms. The number of aromatic nitrogens is 2. The van der Waals surface area contributed by atoms with E-state index in [-0.39, 0.29) is 43.5 Å². The molecule has 3 N–H and O–H groups in total. The predicted octanol–water partition coefficient (Wildman–Crippen LogP) is 7.20. The molecule has 5 aromatic rings. The molecule has 4 amide bonds. The molecule has 2 aliphatic rings. The molecule has 2 fully saturated rings. The second-order valence-electron chi connectivity index (χ2n) is 18.7. The smallest absolute Gasteiger partial charge is 0.419 e. The van der Waals surface area contributed by atoms with Gasteiger partial charge < -0.3 is 39.4 Å². The fraction of sp³-hybridized carbons (Fsp3) is 0.373. The van der Waals surface area contributed by atoms with Crippen LogP contribution in [0, 0.1) is 16.7 Å². The van der Waals surface area contributed by atoms with Crippen LogP contribution in [0.1, 0.15) is 70.7 Å². The molecular weight excluding hydrogens is 942 g/mol. The number of nitrogens with one attached hydrogen (secondary N) is 2. The van der Waals surface area contributed by atoms with Crippen molar-refractivity contribution >= 4 is 52.3 Å². The number of oxazole rings is 1. The highest BCUT2D eigenvalue weighted by Crippen LogP contribution is 2.40. The van der Waals surface area contributed by atoms with Crippen LogP contribution in [0.3, 0.4) is 0 Å². The third kappa shape index (κ3) is 11.9. The first-order valence-corrected chi connectivity index (χ1v) is 23.2. The number of anilines is 2. The van der Waals surface area contributed by atoms with Crippen molar-refractivity contribution < 1.29 is 51.3 Å². The molecule has 2 aliphatic heterocycles. The van der Waals surface area contributed by atoms with E-state index in [1.807, 2.05) is 81.4 Å². The highest BCUT2D eigenvalue weighted by atomic mass is 32.1. The number of carbonyl (C=O) groups is 4. The van der Waals surface area contributed by atoms with Gasteiger partial charge in [0, 0.05) is 37.4 Å². The molecule has 3 aromatic carbocycles. The Morgan fingerprint density at radius 1 is 0.958 bits per heavy atom. The summed E-state index contributed by atoms with van der Waals surface area (Å²) in [7, 11) is 0. The number of rotatable bonds is 17. The molecule has 0 spiro atoms. The minimum absolute atomic E-state index is 0.0387. The molecule has 0 radical (unpaired) electrons. The zero-order valence-electron chi connectivity index (χ0n) is 39.7. The van der Waals surface area contributed by atoms with Crippen LogP contribution in [0.15, 0.2) is 102 Å². The number of β-amino-alcohol motifs (C(OH)–C–C–N with tert-alkyl or cyclic N) is 1. The van der Waals surface area contributed by atoms with Gasteiger partial charge in [0.05, 0.1) is 36.4 Å². The second-order valence-corrected chi connectivity index (χ2v) is 19.1. The SMILES string of the molecule is CC(C)(C)[C@H](NC(=O)COCCCCOc1ccc(-c2ccc(N3C(=S)N(c4cnc(C#N)c(C(F)(F)F)c4)C(=O)C3(C)C)cc2)cc1)C(=O)N1C[C@H](O)C[C@H]1C(=O)NCc1ccc(-c2cnco2)cc1. The molecule has 3 atom stereocenters. The second kappa shape index (κ2) is 21.4. The van der Waals surface area contributed by atoms with Gasteiger partial charge >= 0.3 is 6.18 Å². The van der Waals surface area contributed by atoms with Gasteiger partial charge in [-0.15, -0.1) is 0 Å². The maximum absolute atomic E-state index is 14.0. The minimum Gasteiger partial charge on any atom is -0.494 e. The van der Waals surface area contributed by atoms with Crippen LogP contribution >= 0.6 is 12.2 Å². The van der Waals surface area contributed by atoms with E-state index in [0.29, 0.717) is 42.7 Å². The van der Waals surface area contributed by atoms with E-state index in [9.17, 15) is 37.5 Å². The number of aliphatic hydroxyl groups excluding tert-OH is 1. The number of halogens is 3. The normalized spacial score (nSPS) is 17.3. The molecule has 0 aliphatic carbocycles. The van der Waals surface area contributed by atoms with Gasteiger partial charge in [0.2, 0.25) is 17.7 Å². The summed E-state index contributed by atoms with van der Waals surface area (Å²) in [5.74, 6) is -0.684. The number of aliphatic hydroxyl groups is 1. The summed E-state index contributed by atoms with van der Waals surface area (Å²) in [4.78, 5) is 65.5. The lowest BCUT2D eigenvalue weighted by Gasteiger charge is -2.35. The largest absolute Gasteiger partial charge is 0.494 e. The molecular formula is C51H53F3N8O8S. The zero-order valence-corrected chi connectivity index (χ0v) is 40.5. The van der Waals surface area contributed by atoms with Crippen LogP contribution in [0.5, 0.6) is 5.75 Å². The van der Waals surface area contributed by atoms with Crippen molar-refractivity contribution in [1.29, 1.82) is 5.26 Å². The van der Waals surface area contributed by atoms with E-state index in [4.69, 9.17) is 31.4 Å². The van der Waals surface area contributed by atoms with Gasteiger partial charge in [0.15, 0.2) is 23.0 Å². The number of benzene rings is 3. The summed E-state index contributed by atoms with van der Waals surface area (Å²) in [6.07, 6.45) is -0.512. The molecule has 2 aromatic heterocycles. The Hall–Kier alpha value is -7.21. The van der Waals surface area contributed by atoms with Crippen LogP contribution in [-0.2, 0) is 36.6 Å². The number of unbranched alkanes of at least 4 members (excludes halogenated alkanes) is 1. The highest BCUT2D eigenvalue weighted by molar-refractivity contribution is 7.81. The summed E-state index contributed by atoms with van der Waals surface area (Å²) >= 11 is 5.64. The lowest BCUT2D eigenvalue weighted by molar-refractivity contribution is -0.144. The maximum Gasteiger partial charge on any atom is 0.419 e. The number of hydrogen-bond donors (Lipinski definition) is 3. The van der Waals surface area contributed by atoms with Crippen molar-refractivity contribution in [3.8, 4) is 34.3 Å². The lowest BCUT2D eigenvalue weighted by atomic mass is 9.85. The molecule has 0 saturated carbocycles. The van der Waals surface area contributed by atoms with Gasteiger partial charge in [-0.2, -0.15) is 18.4 Å². The molecule has 0 bridgehead atoms. The van der Waals surface area contributed by atoms with E-state index < -0.39 is 70.2 Å². The monoisotopic (exact) mass is 994 g/mol. The summed E-state index contributed by atoms with van der Waals surface area (Å²) in [6.45, 7) is 9.18. The number of nitriles is 1. The lowest BCUT2D eigenvalue weighted by Crippen LogP contribution is -2.58. The quantitative estimate of drug-likeness (QED) is 0.0624. The first-order valence-electron chi connectivity index (χ1n) is 22.8. The van der Waals surface area contributed by atoms with Crippen LogP contribution in [0.25, 0.3) is 22.5 Å². The summed E-state index contributed by atoms with van der Waals surface area (Å²) in [5, 5.41) is 25.3. The Morgan fingerprint density at radius 3 is 2.23 bits per heavy atom. The first kappa shape index (κ1) is 51.6. The maximum atomic E-state index is 14.0. The molecule has 372 valence electrons. The van der Waals surface area contributed by atoms with Crippen molar-refractivity contribution in [2.24, 2.45) is 5.41 Å². The van der Waals surface area contributed by atoms with E-state index in [0.717, 1.165) is 33.4 Å². The Bertz CT molecular complexity index is 2780. The molecule has 4 heterocycles. The number of ether oxygens (including phenoxy) is 2. The van der Waals surface area contributed by atoms with Gasteiger partial charge in [-0.05, 0) is 91.3 Å². The zero-order chi connectivity index (χ0) is 51.3. The van der Waals surface area contributed by atoms with Crippen LogP contribution in [0.2, 0.25) is 0 Å². The topological polar surface area (TPSA) is 203 Å². The average Bonchev–Trinajstić information content (AvgIpc) is 4.06. The molecule has 20 heteroatoms. The Balaban J connectivity index is 0.841. The number of thiocarbonyl (C=S) groups is 1. The van der Waals surface area contributed by atoms with Crippen molar-refractivity contribution in [3.05, 3.63) is 114 Å². The minimum atomic E-state index is -4.87.